The van der Waals surface area contributed by atoms with Crippen LogP contribution < -0.4 is 5.32 Å². The molecule has 132 valence electrons. The summed E-state index contributed by atoms with van der Waals surface area (Å²) in [6.45, 7) is 4.74. The third-order valence-electron chi connectivity index (χ3n) is 5.04. The molecule has 0 aliphatic carbocycles. The highest BCUT2D eigenvalue weighted by atomic mass is 16.2. The standard InChI is InChI=1S/C21H26N2O2/c1-15(23-13-6-5-12-21(23)25)14-20(24)22-16(2)18-11-7-9-17-8-3-4-10-19(17)18/h3-4,7-11,15-16H,5-6,12-14H2,1-2H3,(H,22,24)/t15-,16-/m0/s1. The van der Waals surface area contributed by atoms with Crippen LogP contribution in [0.2, 0.25) is 0 Å². The van der Waals surface area contributed by atoms with Gasteiger partial charge in [0.2, 0.25) is 11.8 Å². The van der Waals surface area contributed by atoms with Gasteiger partial charge in [0.1, 0.15) is 0 Å². The van der Waals surface area contributed by atoms with Crippen LogP contribution >= 0.6 is 0 Å². The van der Waals surface area contributed by atoms with Crippen molar-refractivity contribution < 1.29 is 9.59 Å². The first-order chi connectivity index (χ1) is 12.1. The number of likely N-dealkylation sites (tertiary alicyclic amines) is 1. The highest BCUT2D eigenvalue weighted by molar-refractivity contribution is 5.87. The number of nitrogens with one attached hydrogen (secondary N) is 1. The van der Waals surface area contributed by atoms with E-state index < -0.39 is 0 Å². The molecule has 2 atom stereocenters. The SMILES string of the molecule is C[C@H](NC(=O)C[C@H](C)N1CCCCC1=O)c1cccc2ccccc12. The van der Waals surface area contributed by atoms with E-state index in [0.29, 0.717) is 12.8 Å². The van der Waals surface area contributed by atoms with Crippen LogP contribution in [0.5, 0.6) is 0 Å². The van der Waals surface area contributed by atoms with E-state index in [0.717, 1.165) is 30.3 Å². The zero-order chi connectivity index (χ0) is 17.8. The van der Waals surface area contributed by atoms with Gasteiger partial charge in [0, 0.05) is 25.4 Å². The molecule has 1 saturated heterocycles. The van der Waals surface area contributed by atoms with Gasteiger partial charge in [-0.2, -0.15) is 0 Å². The van der Waals surface area contributed by atoms with Crippen molar-refractivity contribution in [2.75, 3.05) is 6.54 Å². The van der Waals surface area contributed by atoms with Crippen molar-refractivity contribution in [2.24, 2.45) is 0 Å². The third-order valence-corrected chi connectivity index (χ3v) is 5.04. The monoisotopic (exact) mass is 338 g/mol. The number of carbonyl (C=O) groups excluding carboxylic acids is 2. The Bertz CT molecular complexity index is 766. The molecule has 1 aliphatic rings. The lowest BCUT2D eigenvalue weighted by Gasteiger charge is -2.32. The summed E-state index contributed by atoms with van der Waals surface area (Å²) in [5.41, 5.74) is 1.12. The quantitative estimate of drug-likeness (QED) is 0.901. The number of rotatable bonds is 5. The van der Waals surface area contributed by atoms with Crippen molar-refractivity contribution in [3.63, 3.8) is 0 Å². The van der Waals surface area contributed by atoms with E-state index in [1.54, 1.807) is 0 Å². The van der Waals surface area contributed by atoms with Crippen LogP contribution in [0.15, 0.2) is 42.5 Å². The van der Waals surface area contributed by atoms with E-state index in [1.807, 2.05) is 36.9 Å². The molecule has 3 rings (SSSR count). The van der Waals surface area contributed by atoms with Gasteiger partial charge in [0.25, 0.3) is 0 Å². The van der Waals surface area contributed by atoms with Crippen molar-refractivity contribution in [3.05, 3.63) is 48.0 Å². The zero-order valence-corrected chi connectivity index (χ0v) is 15.0. The Labute approximate surface area is 149 Å². The molecule has 0 saturated carbocycles. The third kappa shape index (κ3) is 4.01. The number of hydrogen-bond acceptors (Lipinski definition) is 2. The maximum atomic E-state index is 12.5. The van der Waals surface area contributed by atoms with Crippen LogP contribution in [-0.4, -0.2) is 29.3 Å². The van der Waals surface area contributed by atoms with Gasteiger partial charge in [-0.3, -0.25) is 9.59 Å². The Balaban J connectivity index is 1.65. The highest BCUT2D eigenvalue weighted by Crippen LogP contribution is 2.24. The molecule has 2 aromatic rings. The number of benzene rings is 2. The van der Waals surface area contributed by atoms with Gasteiger partial charge in [-0.15, -0.1) is 0 Å². The molecule has 1 N–H and O–H groups in total. The Kier molecular flexibility index (Phi) is 5.37. The summed E-state index contributed by atoms with van der Waals surface area (Å²) in [6, 6.07) is 14.3. The number of nitrogens with zero attached hydrogens (tertiary/aromatic N) is 1. The molecule has 4 heteroatoms. The van der Waals surface area contributed by atoms with Crippen molar-refractivity contribution in [1.82, 2.24) is 10.2 Å². The number of hydrogen-bond donors (Lipinski definition) is 1. The van der Waals surface area contributed by atoms with Gasteiger partial charge < -0.3 is 10.2 Å². The average molecular weight is 338 g/mol. The highest BCUT2D eigenvalue weighted by Gasteiger charge is 2.25. The summed E-state index contributed by atoms with van der Waals surface area (Å²) >= 11 is 0. The lowest BCUT2D eigenvalue weighted by molar-refractivity contribution is -0.136. The fourth-order valence-corrected chi connectivity index (χ4v) is 3.68. The van der Waals surface area contributed by atoms with Crippen LogP contribution in [0.3, 0.4) is 0 Å². The summed E-state index contributed by atoms with van der Waals surface area (Å²) in [5.74, 6) is 0.167. The van der Waals surface area contributed by atoms with Gasteiger partial charge in [0.15, 0.2) is 0 Å². The second kappa shape index (κ2) is 7.68. The predicted molar refractivity (Wildman–Crippen MR) is 100 cm³/mol. The topological polar surface area (TPSA) is 49.4 Å². The average Bonchev–Trinajstić information content (AvgIpc) is 2.61. The Morgan fingerprint density at radius 2 is 1.88 bits per heavy atom. The van der Waals surface area contributed by atoms with E-state index in [2.05, 4.69) is 29.6 Å². The number of amides is 2. The van der Waals surface area contributed by atoms with Crippen LogP contribution in [0.1, 0.15) is 51.1 Å². The first kappa shape index (κ1) is 17.5. The van der Waals surface area contributed by atoms with Crippen LogP contribution in [0, 0.1) is 0 Å². The number of carbonyl (C=O) groups is 2. The summed E-state index contributed by atoms with van der Waals surface area (Å²) in [5, 5.41) is 5.43. The summed E-state index contributed by atoms with van der Waals surface area (Å²) in [4.78, 5) is 26.3. The van der Waals surface area contributed by atoms with Gasteiger partial charge in [0.05, 0.1) is 6.04 Å². The van der Waals surface area contributed by atoms with E-state index in [4.69, 9.17) is 0 Å². The van der Waals surface area contributed by atoms with Crippen LogP contribution in [0.25, 0.3) is 10.8 Å². The molecule has 0 bridgehead atoms. The molecule has 25 heavy (non-hydrogen) atoms. The first-order valence-corrected chi connectivity index (χ1v) is 9.13. The molecule has 2 aromatic carbocycles. The minimum absolute atomic E-state index is 0.00805. The number of fused-ring (bicyclic) bond motifs is 1. The fourth-order valence-electron chi connectivity index (χ4n) is 3.68. The van der Waals surface area contributed by atoms with E-state index in [1.165, 1.54) is 5.39 Å². The normalized spacial score (nSPS) is 17.4. The lowest BCUT2D eigenvalue weighted by atomic mass is 9.99. The van der Waals surface area contributed by atoms with Gasteiger partial charge in [-0.25, -0.2) is 0 Å². The van der Waals surface area contributed by atoms with E-state index >= 15 is 0 Å². The fraction of sp³-hybridized carbons (Fsp3) is 0.429. The van der Waals surface area contributed by atoms with Crippen molar-refractivity contribution >= 4 is 22.6 Å². The molecule has 0 aromatic heterocycles. The summed E-state index contributed by atoms with van der Waals surface area (Å²) < 4.78 is 0. The minimum atomic E-state index is -0.0668. The largest absolute Gasteiger partial charge is 0.349 e. The summed E-state index contributed by atoms with van der Waals surface area (Å²) in [7, 11) is 0. The molecular formula is C21H26N2O2. The lowest BCUT2D eigenvalue weighted by Crippen LogP contribution is -2.44. The van der Waals surface area contributed by atoms with Gasteiger partial charge in [-0.05, 0) is 43.0 Å². The van der Waals surface area contributed by atoms with E-state index in [-0.39, 0.29) is 23.9 Å². The minimum Gasteiger partial charge on any atom is -0.349 e. The number of piperidine rings is 1. The smallest absolute Gasteiger partial charge is 0.222 e. The van der Waals surface area contributed by atoms with Gasteiger partial charge >= 0.3 is 0 Å². The molecule has 1 heterocycles. The molecule has 0 unspecified atom stereocenters. The second-order valence-corrected chi connectivity index (χ2v) is 6.95. The Morgan fingerprint density at radius 1 is 1.12 bits per heavy atom. The van der Waals surface area contributed by atoms with Crippen molar-refractivity contribution in [3.8, 4) is 0 Å². The van der Waals surface area contributed by atoms with Crippen LogP contribution in [0.4, 0.5) is 0 Å². The Morgan fingerprint density at radius 3 is 2.68 bits per heavy atom. The molecule has 1 fully saturated rings. The molecule has 2 amide bonds. The molecule has 0 radical (unpaired) electrons. The van der Waals surface area contributed by atoms with Crippen LogP contribution in [-0.2, 0) is 9.59 Å². The van der Waals surface area contributed by atoms with E-state index in [9.17, 15) is 9.59 Å². The Hall–Kier alpha value is -2.36. The maximum Gasteiger partial charge on any atom is 0.222 e. The first-order valence-electron chi connectivity index (χ1n) is 9.13. The molecular weight excluding hydrogens is 312 g/mol. The van der Waals surface area contributed by atoms with Crippen molar-refractivity contribution in [1.29, 1.82) is 0 Å². The maximum absolute atomic E-state index is 12.5. The van der Waals surface area contributed by atoms with Crippen molar-refractivity contribution in [2.45, 2.75) is 51.6 Å². The second-order valence-electron chi connectivity index (χ2n) is 6.95. The summed E-state index contributed by atoms with van der Waals surface area (Å²) in [6.07, 6.45) is 2.95. The zero-order valence-electron chi connectivity index (χ0n) is 15.0. The molecule has 1 aliphatic heterocycles. The van der Waals surface area contributed by atoms with Gasteiger partial charge in [-0.1, -0.05) is 42.5 Å². The molecule has 4 nitrogen and oxygen atoms in total. The predicted octanol–water partition coefficient (Wildman–Crippen LogP) is 3.81. The molecule has 0 spiro atoms.